The molecular formula is C25H29N5. The summed E-state index contributed by atoms with van der Waals surface area (Å²) in [5, 5.41) is 1.27. The minimum Gasteiger partial charge on any atom is -0.358 e. The number of para-hydroxylation sites is 1. The van der Waals surface area contributed by atoms with Crippen molar-refractivity contribution in [2.45, 2.75) is 19.9 Å². The molecule has 154 valence electrons. The van der Waals surface area contributed by atoms with E-state index < -0.39 is 0 Å². The maximum absolute atomic E-state index is 4.76. The van der Waals surface area contributed by atoms with Crippen LogP contribution in [0.5, 0.6) is 0 Å². The van der Waals surface area contributed by atoms with E-state index in [9.17, 15) is 0 Å². The van der Waals surface area contributed by atoms with Gasteiger partial charge in [-0.25, -0.2) is 4.98 Å². The van der Waals surface area contributed by atoms with Gasteiger partial charge in [-0.2, -0.15) is 0 Å². The van der Waals surface area contributed by atoms with Crippen molar-refractivity contribution in [2.75, 3.05) is 31.6 Å². The lowest BCUT2D eigenvalue weighted by Gasteiger charge is -2.32. The number of H-pyrrole nitrogens is 1. The van der Waals surface area contributed by atoms with E-state index >= 15 is 0 Å². The lowest BCUT2D eigenvalue weighted by atomic mass is 9.97. The number of likely N-dealkylation sites (N-methyl/N-ethyl adjacent to an activating group) is 2. The largest absolute Gasteiger partial charge is 0.358 e. The number of benzene rings is 1. The van der Waals surface area contributed by atoms with Gasteiger partial charge in [-0.1, -0.05) is 37.3 Å². The average Bonchev–Trinajstić information content (AvgIpc) is 3.13. The van der Waals surface area contributed by atoms with Crippen LogP contribution in [0.3, 0.4) is 0 Å². The van der Waals surface area contributed by atoms with Crippen LogP contribution in [0.25, 0.3) is 10.9 Å². The smallest absolute Gasteiger partial charge is 0.128 e. The van der Waals surface area contributed by atoms with Crippen LogP contribution in [-0.4, -0.2) is 46.5 Å². The summed E-state index contributed by atoms with van der Waals surface area (Å²) in [4.78, 5) is 17.5. The molecule has 1 atom stereocenters. The third-order valence-electron chi connectivity index (χ3n) is 5.72. The van der Waals surface area contributed by atoms with Crippen molar-refractivity contribution in [1.82, 2.24) is 19.9 Å². The minimum absolute atomic E-state index is 0.0875. The molecule has 4 aromatic rings. The molecule has 5 nitrogen and oxygen atoms in total. The van der Waals surface area contributed by atoms with Crippen LogP contribution >= 0.6 is 0 Å². The average molecular weight is 400 g/mol. The monoisotopic (exact) mass is 399 g/mol. The Labute approximate surface area is 178 Å². The Morgan fingerprint density at radius 3 is 2.33 bits per heavy atom. The number of hydrogen-bond donors (Lipinski definition) is 1. The van der Waals surface area contributed by atoms with Gasteiger partial charge in [-0.3, -0.25) is 9.88 Å². The van der Waals surface area contributed by atoms with Crippen molar-refractivity contribution in [3.05, 3.63) is 90.0 Å². The molecule has 0 radical (unpaired) electrons. The summed E-state index contributed by atoms with van der Waals surface area (Å²) in [6.07, 6.45) is 3.73. The highest BCUT2D eigenvalue weighted by Gasteiger charge is 2.27. The highest BCUT2D eigenvalue weighted by molar-refractivity contribution is 5.85. The van der Waals surface area contributed by atoms with E-state index in [0.717, 1.165) is 31.1 Å². The molecule has 0 spiro atoms. The number of anilines is 1. The molecule has 0 fully saturated rings. The molecule has 3 heterocycles. The lowest BCUT2D eigenvalue weighted by Crippen LogP contribution is -2.37. The minimum atomic E-state index is 0.0875. The highest BCUT2D eigenvalue weighted by atomic mass is 15.2. The maximum Gasteiger partial charge on any atom is 0.128 e. The molecule has 0 aliphatic rings. The molecule has 1 aromatic carbocycles. The van der Waals surface area contributed by atoms with Crippen LogP contribution in [0.4, 0.5) is 5.82 Å². The SMILES string of the molecule is CCN(CCN(C)c1ccccn1)C(c1ccccn1)c1c(C)[nH]c2ccccc12. The molecular weight excluding hydrogens is 370 g/mol. The predicted molar refractivity (Wildman–Crippen MR) is 124 cm³/mol. The highest BCUT2D eigenvalue weighted by Crippen LogP contribution is 2.35. The molecule has 1 unspecified atom stereocenters. The molecule has 0 bridgehead atoms. The van der Waals surface area contributed by atoms with Crippen LogP contribution in [-0.2, 0) is 0 Å². The zero-order valence-corrected chi connectivity index (χ0v) is 17.9. The van der Waals surface area contributed by atoms with Crippen LogP contribution in [0.1, 0.15) is 29.9 Å². The van der Waals surface area contributed by atoms with Crippen LogP contribution in [0.15, 0.2) is 73.1 Å². The molecule has 0 aliphatic carbocycles. The van der Waals surface area contributed by atoms with Gasteiger partial charge in [-0.05, 0) is 43.8 Å². The Kier molecular flexibility index (Phi) is 6.10. The fourth-order valence-corrected chi connectivity index (χ4v) is 4.15. The van der Waals surface area contributed by atoms with Gasteiger partial charge in [0, 0.05) is 54.7 Å². The number of aryl methyl sites for hydroxylation is 1. The van der Waals surface area contributed by atoms with E-state index in [4.69, 9.17) is 4.98 Å². The Bertz CT molecular complexity index is 1070. The molecule has 5 heteroatoms. The Hall–Kier alpha value is -3.18. The maximum atomic E-state index is 4.76. The summed E-state index contributed by atoms with van der Waals surface area (Å²) in [5.74, 6) is 0.992. The topological polar surface area (TPSA) is 48.1 Å². The lowest BCUT2D eigenvalue weighted by molar-refractivity contribution is 0.240. The van der Waals surface area contributed by atoms with Gasteiger partial charge in [0.1, 0.15) is 5.82 Å². The first-order valence-corrected chi connectivity index (χ1v) is 10.5. The first kappa shape index (κ1) is 20.1. The Morgan fingerprint density at radius 1 is 0.900 bits per heavy atom. The second-order valence-corrected chi connectivity index (χ2v) is 7.60. The third-order valence-corrected chi connectivity index (χ3v) is 5.72. The van der Waals surface area contributed by atoms with E-state index in [-0.39, 0.29) is 6.04 Å². The van der Waals surface area contributed by atoms with Gasteiger partial charge in [-0.15, -0.1) is 0 Å². The van der Waals surface area contributed by atoms with Crippen LogP contribution in [0.2, 0.25) is 0 Å². The summed E-state index contributed by atoms with van der Waals surface area (Å²) >= 11 is 0. The second-order valence-electron chi connectivity index (χ2n) is 7.60. The van der Waals surface area contributed by atoms with Gasteiger partial charge in [0.05, 0.1) is 11.7 Å². The molecule has 1 N–H and O–H groups in total. The first-order valence-electron chi connectivity index (χ1n) is 10.5. The van der Waals surface area contributed by atoms with Gasteiger partial charge in [0.25, 0.3) is 0 Å². The molecule has 0 amide bonds. The van der Waals surface area contributed by atoms with Gasteiger partial charge >= 0.3 is 0 Å². The number of pyridine rings is 2. The number of nitrogens with zero attached hydrogens (tertiary/aromatic N) is 4. The number of aromatic nitrogens is 3. The number of fused-ring (bicyclic) bond motifs is 1. The van der Waals surface area contributed by atoms with E-state index in [0.29, 0.717) is 0 Å². The fraction of sp³-hybridized carbons (Fsp3) is 0.280. The number of hydrogen-bond acceptors (Lipinski definition) is 4. The molecule has 0 saturated heterocycles. The standard InChI is InChI=1S/C25H29N5/c1-4-30(18-17-29(3)23-14-8-10-16-27-23)25(22-13-7-9-15-26-22)24-19(2)28-21-12-6-5-11-20(21)24/h5-16,25,28H,4,17-18H2,1-3H3. The van der Waals surface area contributed by atoms with Gasteiger partial charge in [0.2, 0.25) is 0 Å². The number of rotatable bonds is 8. The van der Waals surface area contributed by atoms with E-state index in [1.165, 1.54) is 22.2 Å². The van der Waals surface area contributed by atoms with E-state index in [1.54, 1.807) is 0 Å². The summed E-state index contributed by atoms with van der Waals surface area (Å²) in [5.41, 5.74) is 4.76. The summed E-state index contributed by atoms with van der Waals surface area (Å²) in [6.45, 7) is 7.11. The van der Waals surface area contributed by atoms with E-state index in [2.05, 4.69) is 83.1 Å². The predicted octanol–water partition coefficient (Wildman–Crippen LogP) is 4.81. The first-order chi connectivity index (χ1) is 14.7. The molecule has 0 aliphatic heterocycles. The Balaban J connectivity index is 1.69. The van der Waals surface area contributed by atoms with Crippen LogP contribution < -0.4 is 4.90 Å². The third kappa shape index (κ3) is 4.07. The number of nitrogens with one attached hydrogen (secondary N) is 1. The summed E-state index contributed by atoms with van der Waals surface area (Å²) < 4.78 is 0. The van der Waals surface area contributed by atoms with Crippen molar-refractivity contribution in [2.24, 2.45) is 0 Å². The van der Waals surface area contributed by atoms with Crippen molar-refractivity contribution >= 4 is 16.7 Å². The quantitative estimate of drug-likeness (QED) is 0.462. The summed E-state index contributed by atoms with van der Waals surface area (Å²) in [6, 6.07) is 20.9. The van der Waals surface area contributed by atoms with Crippen molar-refractivity contribution in [3.63, 3.8) is 0 Å². The van der Waals surface area contributed by atoms with Gasteiger partial charge in [0.15, 0.2) is 0 Å². The zero-order valence-electron chi connectivity index (χ0n) is 17.9. The molecule has 3 aromatic heterocycles. The Morgan fingerprint density at radius 2 is 1.63 bits per heavy atom. The van der Waals surface area contributed by atoms with Crippen LogP contribution in [0, 0.1) is 6.92 Å². The van der Waals surface area contributed by atoms with E-state index in [1.807, 2.05) is 30.6 Å². The van der Waals surface area contributed by atoms with Crippen molar-refractivity contribution in [1.29, 1.82) is 0 Å². The number of aromatic amines is 1. The molecule has 30 heavy (non-hydrogen) atoms. The molecule has 0 saturated carbocycles. The summed E-state index contributed by atoms with van der Waals surface area (Å²) in [7, 11) is 2.10. The second kappa shape index (κ2) is 9.09. The van der Waals surface area contributed by atoms with Gasteiger partial charge < -0.3 is 9.88 Å². The molecule has 4 rings (SSSR count). The zero-order chi connectivity index (χ0) is 20.9. The normalized spacial score (nSPS) is 12.4. The fourth-order valence-electron chi connectivity index (χ4n) is 4.15. The van der Waals surface area contributed by atoms with Crippen molar-refractivity contribution in [3.8, 4) is 0 Å². The van der Waals surface area contributed by atoms with Crippen molar-refractivity contribution < 1.29 is 0 Å².